The third-order valence-electron chi connectivity index (χ3n) is 13.8. The van der Waals surface area contributed by atoms with Gasteiger partial charge in [0.05, 0.1) is 22.1 Å². The van der Waals surface area contributed by atoms with Gasteiger partial charge in [0.1, 0.15) is 0 Å². The first-order chi connectivity index (χ1) is 31.2. The summed E-state index contributed by atoms with van der Waals surface area (Å²) in [6.07, 6.45) is 2.37. The summed E-state index contributed by atoms with van der Waals surface area (Å²) in [7, 11) is 0. The summed E-state index contributed by atoms with van der Waals surface area (Å²) in [4.78, 5) is 16.0. The molecule has 0 N–H and O–H groups in total. The topological polar surface area (TPSA) is 48.5 Å². The highest BCUT2D eigenvalue weighted by Gasteiger charge is 2.37. The van der Waals surface area contributed by atoms with Gasteiger partial charge in [-0.2, -0.15) is 9.97 Å². The summed E-state index contributed by atoms with van der Waals surface area (Å²) in [6.45, 7) is 9.61. The van der Waals surface area contributed by atoms with Crippen molar-refractivity contribution in [2.24, 2.45) is 0 Å². The first-order valence-corrected chi connectivity index (χ1v) is 22.4. The quantitative estimate of drug-likeness (QED) is 0.168. The number of nitrogens with zero attached hydrogens (tertiary/aromatic N) is 5. The van der Waals surface area contributed by atoms with Gasteiger partial charge in [-0.3, -0.25) is 4.57 Å². The summed E-state index contributed by atoms with van der Waals surface area (Å²) in [6, 6.07) is 67.5. The molecule has 0 amide bonds. The lowest BCUT2D eigenvalue weighted by Crippen LogP contribution is -2.33. The van der Waals surface area contributed by atoms with Crippen molar-refractivity contribution in [2.45, 2.75) is 51.4 Å². The molecule has 3 heterocycles. The van der Waals surface area contributed by atoms with Crippen LogP contribution in [0.1, 0.15) is 51.7 Å². The highest BCUT2D eigenvalue weighted by Crippen LogP contribution is 2.47. The standard InChI is InChI=1S/C59H47N5/c1-58(2)33-34-59(3,4)50-37-42(29-32-49(50)58)41-22-16-24-44(36-41)63-51-27-13-11-25-45(51)47-30-31-48-46-26-12-14-28-52(46)64(54(48)53(47)63)57-61-55(39-19-9-6-10-20-39)60-56(62-57)43-23-15-21-40(35-43)38-17-7-5-8-18-38/h5-32,35-37H,33-34H2,1-4H3. The zero-order valence-corrected chi connectivity index (χ0v) is 36.5. The van der Waals surface area contributed by atoms with E-state index in [2.05, 4.69) is 201 Å². The summed E-state index contributed by atoms with van der Waals surface area (Å²) >= 11 is 0. The Bertz CT molecular complexity index is 3610. The monoisotopic (exact) mass is 825 g/mol. The minimum absolute atomic E-state index is 0.115. The highest BCUT2D eigenvalue weighted by atomic mass is 15.2. The van der Waals surface area contributed by atoms with Crippen LogP contribution < -0.4 is 0 Å². The molecule has 64 heavy (non-hydrogen) atoms. The summed E-state index contributed by atoms with van der Waals surface area (Å²) in [5.41, 5.74) is 15.2. The molecule has 0 aliphatic heterocycles. The first kappa shape index (κ1) is 38.1. The zero-order chi connectivity index (χ0) is 43.2. The van der Waals surface area contributed by atoms with Gasteiger partial charge in [0, 0.05) is 38.4 Å². The van der Waals surface area contributed by atoms with E-state index < -0.39 is 0 Å². The van der Waals surface area contributed by atoms with E-state index in [0.717, 1.165) is 60.8 Å². The molecule has 1 aliphatic carbocycles. The van der Waals surface area contributed by atoms with E-state index in [1.807, 2.05) is 24.3 Å². The second-order valence-corrected chi connectivity index (χ2v) is 18.7. The molecule has 0 radical (unpaired) electrons. The molecule has 0 unspecified atom stereocenters. The number of benzene rings is 8. The Kier molecular flexibility index (Phi) is 8.61. The molecule has 12 rings (SSSR count). The first-order valence-electron chi connectivity index (χ1n) is 22.4. The van der Waals surface area contributed by atoms with E-state index in [0.29, 0.717) is 17.6 Å². The Morgan fingerprint density at radius 1 is 0.359 bits per heavy atom. The van der Waals surface area contributed by atoms with E-state index in [1.54, 1.807) is 0 Å². The van der Waals surface area contributed by atoms with Crippen molar-refractivity contribution in [1.29, 1.82) is 0 Å². The third-order valence-corrected chi connectivity index (χ3v) is 13.8. The molecule has 0 spiro atoms. The maximum absolute atomic E-state index is 5.41. The third kappa shape index (κ3) is 6.10. The lowest BCUT2D eigenvalue weighted by Gasteiger charge is -2.42. The molecular weight excluding hydrogens is 779 g/mol. The fraction of sp³-hybridized carbons (Fsp3) is 0.136. The average Bonchev–Trinajstić information content (AvgIpc) is 3.87. The van der Waals surface area contributed by atoms with Crippen molar-refractivity contribution < 1.29 is 0 Å². The molecule has 0 saturated carbocycles. The molecule has 3 aromatic heterocycles. The Balaban J connectivity index is 1.13. The Morgan fingerprint density at radius 3 is 1.55 bits per heavy atom. The number of rotatable bonds is 6. The van der Waals surface area contributed by atoms with Crippen LogP contribution in [-0.4, -0.2) is 24.1 Å². The number of para-hydroxylation sites is 2. The van der Waals surface area contributed by atoms with E-state index in [-0.39, 0.29) is 10.8 Å². The molecule has 11 aromatic rings. The average molecular weight is 826 g/mol. The van der Waals surface area contributed by atoms with Crippen LogP contribution in [0.25, 0.3) is 100 Å². The number of hydrogen-bond donors (Lipinski definition) is 0. The molecule has 0 bridgehead atoms. The molecule has 0 saturated heterocycles. The molecule has 308 valence electrons. The van der Waals surface area contributed by atoms with Gasteiger partial charge in [0.2, 0.25) is 5.95 Å². The van der Waals surface area contributed by atoms with Crippen LogP contribution in [0.2, 0.25) is 0 Å². The zero-order valence-electron chi connectivity index (χ0n) is 36.5. The lowest BCUT2D eigenvalue weighted by molar-refractivity contribution is 0.332. The summed E-state index contributed by atoms with van der Waals surface area (Å²) < 4.78 is 4.74. The van der Waals surface area contributed by atoms with Gasteiger partial charge < -0.3 is 4.57 Å². The SMILES string of the molecule is CC1(C)CCC(C)(C)c2cc(-c3cccc(-n4c5ccccc5c5ccc6c7ccccc7n(-c7nc(-c8ccccc8)nc(-c8cccc(-c9ccccc9)c8)n7)c6c54)c3)ccc21. The second kappa shape index (κ2) is 14.5. The van der Waals surface area contributed by atoms with Crippen molar-refractivity contribution in [3.63, 3.8) is 0 Å². The largest absolute Gasteiger partial charge is 0.307 e. The Hall–Kier alpha value is -7.63. The van der Waals surface area contributed by atoms with Crippen molar-refractivity contribution in [2.75, 3.05) is 0 Å². The molecule has 1 aliphatic rings. The smallest absolute Gasteiger partial charge is 0.238 e. The maximum Gasteiger partial charge on any atom is 0.238 e. The van der Waals surface area contributed by atoms with E-state index >= 15 is 0 Å². The minimum Gasteiger partial charge on any atom is -0.307 e. The van der Waals surface area contributed by atoms with Crippen LogP contribution in [-0.2, 0) is 10.8 Å². The van der Waals surface area contributed by atoms with Gasteiger partial charge >= 0.3 is 0 Å². The van der Waals surface area contributed by atoms with Crippen LogP contribution in [0.4, 0.5) is 0 Å². The van der Waals surface area contributed by atoms with Gasteiger partial charge in [0.25, 0.3) is 0 Å². The van der Waals surface area contributed by atoms with Crippen LogP contribution in [0.5, 0.6) is 0 Å². The van der Waals surface area contributed by atoms with E-state index in [9.17, 15) is 0 Å². The van der Waals surface area contributed by atoms with Crippen LogP contribution in [0, 0.1) is 0 Å². The normalized spacial score (nSPS) is 14.4. The predicted octanol–water partition coefficient (Wildman–Crippen LogP) is 15.1. The molecular formula is C59H47N5. The number of fused-ring (bicyclic) bond motifs is 8. The van der Waals surface area contributed by atoms with Gasteiger partial charge in [-0.1, -0.05) is 185 Å². The molecule has 0 fully saturated rings. The fourth-order valence-corrected chi connectivity index (χ4v) is 10.3. The van der Waals surface area contributed by atoms with Crippen molar-refractivity contribution in [3.8, 4) is 56.7 Å². The molecule has 5 heteroatoms. The van der Waals surface area contributed by atoms with Gasteiger partial charge in [-0.05, 0) is 87.4 Å². The fourth-order valence-electron chi connectivity index (χ4n) is 10.3. The molecule has 0 atom stereocenters. The van der Waals surface area contributed by atoms with Crippen LogP contribution in [0.15, 0.2) is 188 Å². The van der Waals surface area contributed by atoms with Crippen LogP contribution in [0.3, 0.4) is 0 Å². The maximum atomic E-state index is 5.41. The van der Waals surface area contributed by atoms with E-state index in [1.165, 1.54) is 45.9 Å². The minimum atomic E-state index is 0.115. The number of aromatic nitrogens is 5. The van der Waals surface area contributed by atoms with Crippen molar-refractivity contribution in [3.05, 3.63) is 199 Å². The Labute approximate surface area is 373 Å². The highest BCUT2D eigenvalue weighted by molar-refractivity contribution is 6.23. The Morgan fingerprint density at radius 2 is 0.859 bits per heavy atom. The predicted molar refractivity (Wildman–Crippen MR) is 266 cm³/mol. The molecule has 8 aromatic carbocycles. The summed E-state index contributed by atoms with van der Waals surface area (Å²) in [5, 5.41) is 4.64. The number of hydrogen-bond acceptors (Lipinski definition) is 3. The van der Waals surface area contributed by atoms with E-state index in [4.69, 9.17) is 15.0 Å². The van der Waals surface area contributed by atoms with Gasteiger partial charge in [0.15, 0.2) is 11.6 Å². The van der Waals surface area contributed by atoms with Crippen molar-refractivity contribution in [1.82, 2.24) is 24.1 Å². The van der Waals surface area contributed by atoms with Crippen molar-refractivity contribution >= 4 is 43.6 Å². The van der Waals surface area contributed by atoms with Gasteiger partial charge in [-0.15, -0.1) is 0 Å². The molecule has 5 nitrogen and oxygen atoms in total. The summed E-state index contributed by atoms with van der Waals surface area (Å²) in [5.74, 6) is 1.80. The lowest BCUT2D eigenvalue weighted by atomic mass is 9.63. The van der Waals surface area contributed by atoms with Crippen LogP contribution >= 0.6 is 0 Å². The second-order valence-electron chi connectivity index (χ2n) is 18.7. The van der Waals surface area contributed by atoms with Gasteiger partial charge in [-0.25, -0.2) is 4.98 Å².